The van der Waals surface area contributed by atoms with Crippen LogP contribution in [0.4, 0.5) is 5.69 Å². The van der Waals surface area contributed by atoms with Crippen LogP contribution in [-0.2, 0) is 0 Å². The summed E-state index contributed by atoms with van der Waals surface area (Å²) in [6.45, 7) is 0. The zero-order chi connectivity index (χ0) is 13.4. The highest BCUT2D eigenvalue weighted by Gasteiger charge is 1.98. The van der Waals surface area contributed by atoms with Gasteiger partial charge in [0.25, 0.3) is 5.69 Å². The maximum Gasteiger partial charge on any atom is 0.335 e. The predicted molar refractivity (Wildman–Crippen MR) is 66.5 cm³/mol. The van der Waals surface area contributed by atoms with Crippen molar-refractivity contribution in [3.05, 3.63) is 76.3 Å². The van der Waals surface area contributed by atoms with Crippen molar-refractivity contribution in [2.45, 2.75) is 0 Å². The molecular formula is C13H11NO4. The first-order valence-electron chi connectivity index (χ1n) is 5.09. The number of nitrogens with zero attached hydrogens (tertiary/aromatic N) is 1. The van der Waals surface area contributed by atoms with Gasteiger partial charge in [0.2, 0.25) is 0 Å². The molecule has 0 bridgehead atoms. The fourth-order valence-corrected chi connectivity index (χ4v) is 1.13. The molecule has 0 spiro atoms. The zero-order valence-electron chi connectivity index (χ0n) is 9.39. The standard InChI is InChI=1S/C7H6O2.C6H5NO2/c2*8-7(9)6-4-2-1-3-5-6/h1-5H,(H,8,9);1-5H. The van der Waals surface area contributed by atoms with Gasteiger partial charge < -0.3 is 5.11 Å². The van der Waals surface area contributed by atoms with Crippen LogP contribution in [0.2, 0.25) is 0 Å². The van der Waals surface area contributed by atoms with Crippen molar-refractivity contribution in [3.63, 3.8) is 0 Å². The summed E-state index contributed by atoms with van der Waals surface area (Å²) in [5, 5.41) is 18.4. The van der Waals surface area contributed by atoms with E-state index in [1.807, 2.05) is 0 Å². The average molecular weight is 245 g/mol. The van der Waals surface area contributed by atoms with E-state index in [1.165, 1.54) is 12.1 Å². The van der Waals surface area contributed by atoms with Gasteiger partial charge in [0.15, 0.2) is 0 Å². The predicted octanol–water partition coefficient (Wildman–Crippen LogP) is 2.98. The van der Waals surface area contributed by atoms with Gasteiger partial charge in [0.1, 0.15) is 0 Å². The fourth-order valence-electron chi connectivity index (χ4n) is 1.13. The van der Waals surface area contributed by atoms with Crippen LogP contribution in [0.3, 0.4) is 0 Å². The fraction of sp³-hybridized carbons (Fsp3) is 0. The third-order valence-electron chi connectivity index (χ3n) is 1.99. The van der Waals surface area contributed by atoms with Crippen LogP contribution in [0.15, 0.2) is 60.7 Å². The highest BCUT2D eigenvalue weighted by Crippen LogP contribution is 2.06. The maximum absolute atomic E-state index is 10.2. The smallest absolute Gasteiger partial charge is 0.335 e. The van der Waals surface area contributed by atoms with Gasteiger partial charge in [0.05, 0.1) is 10.5 Å². The number of nitro benzene ring substituents is 1. The number of benzene rings is 2. The SMILES string of the molecule is O=C(O)c1ccccc1.O=[N+]([O-])c1ccccc1. The molecule has 5 heteroatoms. The summed E-state index contributed by atoms with van der Waals surface area (Å²) in [6, 6.07) is 16.2. The lowest BCUT2D eigenvalue weighted by atomic mass is 10.2. The van der Waals surface area contributed by atoms with Crippen molar-refractivity contribution in [2.75, 3.05) is 0 Å². The molecule has 0 fully saturated rings. The van der Waals surface area contributed by atoms with Crippen molar-refractivity contribution < 1.29 is 14.8 Å². The van der Waals surface area contributed by atoms with Gasteiger partial charge in [-0.15, -0.1) is 0 Å². The van der Waals surface area contributed by atoms with E-state index in [0.29, 0.717) is 5.56 Å². The Balaban J connectivity index is 0.000000180. The van der Waals surface area contributed by atoms with Crippen LogP contribution in [0.5, 0.6) is 0 Å². The molecule has 0 saturated heterocycles. The molecule has 2 rings (SSSR count). The number of carboxylic acid groups (broad SMARTS) is 1. The summed E-state index contributed by atoms with van der Waals surface area (Å²) in [4.78, 5) is 19.8. The minimum atomic E-state index is -0.879. The number of hydrogen-bond donors (Lipinski definition) is 1. The summed E-state index contributed by atoms with van der Waals surface area (Å²) in [5.41, 5.74) is 0.468. The van der Waals surface area contributed by atoms with Crippen molar-refractivity contribution in [2.24, 2.45) is 0 Å². The molecule has 1 N–H and O–H groups in total. The van der Waals surface area contributed by atoms with Gasteiger partial charge in [-0.2, -0.15) is 0 Å². The van der Waals surface area contributed by atoms with E-state index in [1.54, 1.807) is 48.5 Å². The molecule has 2 aromatic carbocycles. The summed E-state index contributed by atoms with van der Waals surface area (Å²) >= 11 is 0. The summed E-state index contributed by atoms with van der Waals surface area (Å²) in [6.07, 6.45) is 0. The van der Waals surface area contributed by atoms with Gasteiger partial charge >= 0.3 is 5.97 Å². The van der Waals surface area contributed by atoms with Crippen LogP contribution >= 0.6 is 0 Å². The monoisotopic (exact) mass is 245 g/mol. The van der Waals surface area contributed by atoms with E-state index in [9.17, 15) is 14.9 Å². The second-order valence-electron chi connectivity index (χ2n) is 3.26. The Bertz CT molecular complexity index is 462. The van der Waals surface area contributed by atoms with Gasteiger partial charge in [-0.1, -0.05) is 36.4 Å². The second-order valence-corrected chi connectivity index (χ2v) is 3.26. The van der Waals surface area contributed by atoms with E-state index in [0.717, 1.165) is 0 Å². The Hall–Kier alpha value is -2.69. The third kappa shape index (κ3) is 4.44. The van der Waals surface area contributed by atoms with Crippen molar-refractivity contribution in [1.82, 2.24) is 0 Å². The Morgan fingerprint density at radius 3 is 1.67 bits per heavy atom. The molecule has 0 heterocycles. The molecule has 0 aliphatic carbocycles. The Labute approximate surface area is 103 Å². The van der Waals surface area contributed by atoms with Crippen LogP contribution in [-0.4, -0.2) is 16.0 Å². The number of carboxylic acids is 1. The van der Waals surface area contributed by atoms with E-state index < -0.39 is 10.9 Å². The van der Waals surface area contributed by atoms with E-state index >= 15 is 0 Å². The van der Waals surface area contributed by atoms with Gasteiger partial charge in [-0.3, -0.25) is 10.1 Å². The number of non-ortho nitro benzene ring substituents is 1. The molecule has 2 aromatic rings. The zero-order valence-corrected chi connectivity index (χ0v) is 9.39. The first-order valence-corrected chi connectivity index (χ1v) is 5.09. The summed E-state index contributed by atoms with van der Waals surface area (Å²) in [7, 11) is 0. The molecule has 0 aliphatic heterocycles. The Kier molecular flexibility index (Phi) is 5.05. The van der Waals surface area contributed by atoms with Gasteiger partial charge in [-0.05, 0) is 12.1 Å². The first-order chi connectivity index (χ1) is 8.61. The van der Waals surface area contributed by atoms with Crippen molar-refractivity contribution in [1.29, 1.82) is 0 Å². The number of hydrogen-bond acceptors (Lipinski definition) is 3. The molecule has 0 radical (unpaired) electrons. The number of nitro groups is 1. The van der Waals surface area contributed by atoms with Crippen molar-refractivity contribution in [3.8, 4) is 0 Å². The molecule has 0 amide bonds. The van der Waals surface area contributed by atoms with Crippen LogP contribution in [0.1, 0.15) is 10.4 Å². The lowest BCUT2D eigenvalue weighted by Gasteiger charge is -1.88. The summed E-state index contributed by atoms with van der Waals surface area (Å²) < 4.78 is 0. The Morgan fingerprint density at radius 1 is 0.944 bits per heavy atom. The Morgan fingerprint density at radius 2 is 1.39 bits per heavy atom. The molecular weight excluding hydrogens is 234 g/mol. The first kappa shape index (κ1) is 13.4. The molecule has 0 aromatic heterocycles. The minimum Gasteiger partial charge on any atom is -0.478 e. The van der Waals surface area contributed by atoms with E-state index in [4.69, 9.17) is 5.11 Å². The highest BCUT2D eigenvalue weighted by atomic mass is 16.6. The molecule has 18 heavy (non-hydrogen) atoms. The normalized spacial score (nSPS) is 8.89. The highest BCUT2D eigenvalue weighted by molar-refractivity contribution is 5.87. The van der Waals surface area contributed by atoms with E-state index in [-0.39, 0.29) is 5.69 Å². The van der Waals surface area contributed by atoms with Crippen LogP contribution < -0.4 is 0 Å². The molecule has 5 nitrogen and oxygen atoms in total. The van der Waals surface area contributed by atoms with E-state index in [2.05, 4.69) is 0 Å². The average Bonchev–Trinajstić information content (AvgIpc) is 2.41. The quantitative estimate of drug-likeness (QED) is 0.651. The van der Waals surface area contributed by atoms with Crippen molar-refractivity contribution >= 4 is 11.7 Å². The minimum absolute atomic E-state index is 0.137. The molecule has 0 aliphatic rings. The van der Waals surface area contributed by atoms with Gasteiger partial charge in [0, 0.05) is 12.1 Å². The van der Waals surface area contributed by atoms with Crippen LogP contribution in [0.25, 0.3) is 0 Å². The second kappa shape index (κ2) is 6.80. The lowest BCUT2D eigenvalue weighted by molar-refractivity contribution is -0.384. The molecule has 92 valence electrons. The summed E-state index contributed by atoms with van der Waals surface area (Å²) in [5.74, 6) is -0.879. The van der Waals surface area contributed by atoms with Crippen LogP contribution in [0, 0.1) is 10.1 Å². The number of rotatable bonds is 2. The number of aromatic carboxylic acids is 1. The third-order valence-corrected chi connectivity index (χ3v) is 1.99. The van der Waals surface area contributed by atoms with Gasteiger partial charge in [-0.25, -0.2) is 4.79 Å². The maximum atomic E-state index is 10.2. The topological polar surface area (TPSA) is 80.4 Å². The number of para-hydroxylation sites is 1. The lowest BCUT2D eigenvalue weighted by Crippen LogP contribution is -1.93. The largest absolute Gasteiger partial charge is 0.478 e. The molecule has 0 unspecified atom stereocenters. The molecule has 0 saturated carbocycles. The number of carbonyl (C=O) groups is 1. The molecule has 0 atom stereocenters.